The first-order valence-electron chi connectivity index (χ1n) is 5.50. The lowest BCUT2D eigenvalue weighted by atomic mass is 9.96. The van der Waals surface area contributed by atoms with Crippen molar-refractivity contribution >= 4 is 5.78 Å². The topological polar surface area (TPSA) is 20.3 Å². The van der Waals surface area contributed by atoms with Crippen molar-refractivity contribution in [2.45, 2.75) is 44.6 Å². The van der Waals surface area contributed by atoms with Gasteiger partial charge < -0.3 is 0 Å². The summed E-state index contributed by atoms with van der Waals surface area (Å²) in [6, 6.07) is 0.267. The number of carbonyl (C=O) groups is 1. The molecule has 0 aromatic rings. The zero-order chi connectivity index (χ0) is 9.26. The molecule has 74 valence electrons. The van der Waals surface area contributed by atoms with Gasteiger partial charge in [-0.1, -0.05) is 25.7 Å². The molecule has 0 bridgehead atoms. The van der Waals surface area contributed by atoms with Gasteiger partial charge in [0.25, 0.3) is 0 Å². The summed E-state index contributed by atoms with van der Waals surface area (Å²) in [6.45, 7) is 0.982. The predicted octanol–water partition coefficient (Wildman–Crippen LogP) is 1.84. The van der Waals surface area contributed by atoms with Crippen LogP contribution < -0.4 is 0 Å². The quantitative estimate of drug-likeness (QED) is 0.648. The first kappa shape index (κ1) is 9.20. The van der Waals surface area contributed by atoms with Crippen LogP contribution in [0.1, 0.15) is 38.5 Å². The third kappa shape index (κ3) is 1.93. The average Bonchev–Trinajstić information content (AvgIpc) is 2.70. The molecule has 2 aliphatic rings. The van der Waals surface area contributed by atoms with Gasteiger partial charge in [0.05, 0.1) is 6.04 Å². The number of likely N-dealkylation sites (tertiary alicyclic amines) is 1. The molecule has 0 N–H and O–H groups in total. The van der Waals surface area contributed by atoms with E-state index in [0.717, 1.165) is 25.3 Å². The fraction of sp³-hybridized carbons (Fsp3) is 0.909. The maximum absolute atomic E-state index is 11.5. The Morgan fingerprint density at radius 3 is 2.62 bits per heavy atom. The van der Waals surface area contributed by atoms with Gasteiger partial charge in [-0.15, -0.1) is 0 Å². The van der Waals surface area contributed by atoms with Crippen LogP contribution in [0.25, 0.3) is 0 Å². The van der Waals surface area contributed by atoms with Crippen molar-refractivity contribution in [3.05, 3.63) is 0 Å². The summed E-state index contributed by atoms with van der Waals surface area (Å²) in [5, 5.41) is 0. The number of hydrogen-bond acceptors (Lipinski definition) is 2. The van der Waals surface area contributed by atoms with Crippen molar-refractivity contribution in [1.82, 2.24) is 4.90 Å². The zero-order valence-electron chi connectivity index (χ0n) is 8.46. The third-order valence-electron chi connectivity index (χ3n) is 3.65. The number of nitrogens with zero attached hydrogens (tertiary/aromatic N) is 1. The summed E-state index contributed by atoms with van der Waals surface area (Å²) in [6.07, 6.45) is 7.41. The SMILES string of the molecule is CN1CCC(=O)C1CC1CCCC1. The highest BCUT2D eigenvalue weighted by molar-refractivity contribution is 5.86. The lowest BCUT2D eigenvalue weighted by Gasteiger charge is -2.21. The van der Waals surface area contributed by atoms with Crippen LogP contribution in [0.3, 0.4) is 0 Å². The van der Waals surface area contributed by atoms with Crippen LogP contribution >= 0.6 is 0 Å². The van der Waals surface area contributed by atoms with Crippen molar-refractivity contribution in [1.29, 1.82) is 0 Å². The highest BCUT2D eigenvalue weighted by Crippen LogP contribution is 2.31. The van der Waals surface area contributed by atoms with E-state index in [1.165, 1.54) is 25.7 Å². The van der Waals surface area contributed by atoms with Gasteiger partial charge in [-0.25, -0.2) is 0 Å². The van der Waals surface area contributed by atoms with Gasteiger partial charge in [0.15, 0.2) is 5.78 Å². The molecule has 1 saturated carbocycles. The van der Waals surface area contributed by atoms with Gasteiger partial charge in [-0.3, -0.25) is 9.69 Å². The maximum Gasteiger partial charge on any atom is 0.151 e. The lowest BCUT2D eigenvalue weighted by molar-refractivity contribution is -0.120. The van der Waals surface area contributed by atoms with E-state index in [1.54, 1.807) is 0 Å². The lowest BCUT2D eigenvalue weighted by Crippen LogP contribution is -2.31. The fourth-order valence-corrected chi connectivity index (χ4v) is 2.73. The summed E-state index contributed by atoms with van der Waals surface area (Å²) in [5.41, 5.74) is 0. The zero-order valence-corrected chi connectivity index (χ0v) is 8.46. The van der Waals surface area contributed by atoms with Crippen LogP contribution in [-0.4, -0.2) is 30.3 Å². The number of ketones is 1. The van der Waals surface area contributed by atoms with Crippen molar-refractivity contribution < 1.29 is 4.79 Å². The van der Waals surface area contributed by atoms with E-state index in [1.807, 2.05) is 0 Å². The standard InChI is InChI=1S/C11H19NO/c1-12-7-6-11(13)10(12)8-9-4-2-3-5-9/h9-10H,2-8H2,1H3. The van der Waals surface area contributed by atoms with Gasteiger partial charge >= 0.3 is 0 Å². The molecule has 1 heterocycles. The maximum atomic E-state index is 11.5. The highest BCUT2D eigenvalue weighted by Gasteiger charge is 2.32. The first-order chi connectivity index (χ1) is 6.27. The molecular formula is C11H19NO. The number of hydrogen-bond donors (Lipinski definition) is 0. The van der Waals surface area contributed by atoms with E-state index in [9.17, 15) is 4.79 Å². The molecule has 0 spiro atoms. The molecule has 0 radical (unpaired) electrons. The van der Waals surface area contributed by atoms with Gasteiger partial charge in [0.1, 0.15) is 0 Å². The third-order valence-corrected chi connectivity index (χ3v) is 3.65. The Kier molecular flexibility index (Phi) is 2.68. The monoisotopic (exact) mass is 181 g/mol. The van der Waals surface area contributed by atoms with Gasteiger partial charge in [0, 0.05) is 13.0 Å². The van der Waals surface area contributed by atoms with E-state index in [4.69, 9.17) is 0 Å². The summed E-state index contributed by atoms with van der Waals surface area (Å²) >= 11 is 0. The second-order valence-corrected chi connectivity index (χ2v) is 4.60. The van der Waals surface area contributed by atoms with Gasteiger partial charge in [0.2, 0.25) is 0 Å². The second kappa shape index (κ2) is 3.79. The van der Waals surface area contributed by atoms with Crippen LogP contribution in [0.2, 0.25) is 0 Å². The van der Waals surface area contributed by atoms with Crippen molar-refractivity contribution in [3.63, 3.8) is 0 Å². The second-order valence-electron chi connectivity index (χ2n) is 4.60. The van der Waals surface area contributed by atoms with Crippen molar-refractivity contribution in [2.24, 2.45) is 5.92 Å². The van der Waals surface area contributed by atoms with Crippen LogP contribution in [0.15, 0.2) is 0 Å². The largest absolute Gasteiger partial charge is 0.298 e. The summed E-state index contributed by atoms with van der Waals surface area (Å²) in [4.78, 5) is 13.8. The first-order valence-corrected chi connectivity index (χ1v) is 5.50. The molecule has 0 aromatic carbocycles. The minimum Gasteiger partial charge on any atom is -0.298 e. The summed E-state index contributed by atoms with van der Waals surface area (Å²) in [7, 11) is 2.09. The average molecular weight is 181 g/mol. The molecule has 1 aliphatic carbocycles. The number of carbonyl (C=O) groups excluding carboxylic acids is 1. The highest BCUT2D eigenvalue weighted by atomic mass is 16.1. The molecule has 1 saturated heterocycles. The molecule has 1 aliphatic heterocycles. The Balaban J connectivity index is 1.88. The molecule has 2 rings (SSSR count). The Labute approximate surface area is 80.3 Å². The van der Waals surface area contributed by atoms with Crippen LogP contribution in [0, 0.1) is 5.92 Å². The smallest absolute Gasteiger partial charge is 0.151 e. The minimum absolute atomic E-state index is 0.267. The molecule has 0 aromatic heterocycles. The van der Waals surface area contributed by atoms with Crippen molar-refractivity contribution in [2.75, 3.05) is 13.6 Å². The van der Waals surface area contributed by atoms with Gasteiger partial charge in [-0.05, 0) is 19.4 Å². The Morgan fingerprint density at radius 2 is 2.08 bits per heavy atom. The minimum atomic E-state index is 0.267. The Hall–Kier alpha value is -0.370. The van der Waals surface area contributed by atoms with Crippen LogP contribution in [0.4, 0.5) is 0 Å². The van der Waals surface area contributed by atoms with E-state index in [2.05, 4.69) is 11.9 Å². The van der Waals surface area contributed by atoms with Crippen LogP contribution in [0.5, 0.6) is 0 Å². The van der Waals surface area contributed by atoms with E-state index in [-0.39, 0.29) is 6.04 Å². The molecule has 2 nitrogen and oxygen atoms in total. The van der Waals surface area contributed by atoms with Crippen molar-refractivity contribution in [3.8, 4) is 0 Å². The number of Topliss-reactive ketones (excluding diaryl/α,β-unsaturated/α-hetero) is 1. The molecule has 2 heteroatoms. The predicted molar refractivity (Wildman–Crippen MR) is 52.6 cm³/mol. The number of likely N-dealkylation sites (N-methyl/N-ethyl adjacent to an activating group) is 1. The van der Waals surface area contributed by atoms with E-state index < -0.39 is 0 Å². The molecule has 13 heavy (non-hydrogen) atoms. The summed E-state index contributed by atoms with van der Waals surface area (Å²) < 4.78 is 0. The fourth-order valence-electron chi connectivity index (χ4n) is 2.73. The Morgan fingerprint density at radius 1 is 1.38 bits per heavy atom. The molecule has 0 amide bonds. The molecule has 1 atom stereocenters. The summed E-state index contributed by atoms with van der Waals surface area (Å²) in [5.74, 6) is 1.32. The van der Waals surface area contributed by atoms with E-state index in [0.29, 0.717) is 5.78 Å². The Bertz CT molecular complexity index is 196. The molecule has 1 unspecified atom stereocenters. The van der Waals surface area contributed by atoms with Gasteiger partial charge in [-0.2, -0.15) is 0 Å². The number of rotatable bonds is 2. The van der Waals surface area contributed by atoms with Crippen LogP contribution in [-0.2, 0) is 4.79 Å². The normalized spacial score (nSPS) is 31.8. The molecular weight excluding hydrogens is 162 g/mol. The van der Waals surface area contributed by atoms with E-state index >= 15 is 0 Å². The molecule has 2 fully saturated rings.